The summed E-state index contributed by atoms with van der Waals surface area (Å²) in [4.78, 5) is 21.1. The van der Waals surface area contributed by atoms with Crippen molar-refractivity contribution < 1.29 is 22.8 Å². The summed E-state index contributed by atoms with van der Waals surface area (Å²) >= 11 is 0. The molecule has 0 N–H and O–H groups in total. The average molecular weight is 216 g/mol. The Kier molecular flexibility index (Phi) is 3.24. The molecule has 0 heterocycles. The van der Waals surface area contributed by atoms with Crippen molar-refractivity contribution in [2.24, 2.45) is 0 Å². The molecule has 0 radical (unpaired) electrons. The number of carbonyl (C=O) groups excluding carboxylic acids is 2. The minimum Gasteiger partial charge on any atom is -0.298 e. The molecule has 0 saturated carbocycles. The number of carbonyl (C=O) groups is 2. The lowest BCUT2D eigenvalue weighted by molar-refractivity contribution is -0.170. The first kappa shape index (κ1) is 11.4. The summed E-state index contributed by atoms with van der Waals surface area (Å²) < 4.78 is 35.8. The van der Waals surface area contributed by atoms with Gasteiger partial charge in [0.15, 0.2) is 0 Å². The second-order valence-corrected chi connectivity index (χ2v) is 2.91. The summed E-state index contributed by atoms with van der Waals surface area (Å²) in [5, 5.41) is 0. The number of alkyl halides is 3. The minimum atomic E-state index is -4.85. The van der Waals surface area contributed by atoms with E-state index in [-0.39, 0.29) is 11.1 Å². The van der Waals surface area contributed by atoms with E-state index in [1.807, 2.05) is 0 Å². The molecule has 15 heavy (non-hydrogen) atoms. The van der Waals surface area contributed by atoms with Gasteiger partial charge >= 0.3 is 6.18 Å². The molecule has 1 aromatic rings. The van der Waals surface area contributed by atoms with Gasteiger partial charge in [0.2, 0.25) is 5.78 Å². The number of Topliss-reactive ketones (excluding diaryl/α,β-unsaturated/α-hetero) is 1. The smallest absolute Gasteiger partial charge is 0.298 e. The van der Waals surface area contributed by atoms with Gasteiger partial charge in [0.25, 0.3) is 0 Å². The summed E-state index contributed by atoms with van der Waals surface area (Å²) in [6, 6.07) is 5.69. The van der Waals surface area contributed by atoms with Gasteiger partial charge in [0, 0.05) is 12.0 Å². The number of ketones is 1. The fourth-order valence-electron chi connectivity index (χ4n) is 1.08. The molecule has 0 aliphatic heterocycles. The standard InChI is InChI=1S/C10H7F3O2/c11-10(12,13)9(15)5-7-3-1-2-4-8(7)6-14/h1-4,6H,5H2. The van der Waals surface area contributed by atoms with Gasteiger partial charge in [-0.05, 0) is 5.56 Å². The van der Waals surface area contributed by atoms with Crippen molar-refractivity contribution in [1.82, 2.24) is 0 Å². The molecule has 1 aromatic carbocycles. The molecule has 80 valence electrons. The van der Waals surface area contributed by atoms with Crippen molar-refractivity contribution in [3.63, 3.8) is 0 Å². The van der Waals surface area contributed by atoms with Crippen LogP contribution in [0.4, 0.5) is 13.2 Å². The molecule has 0 saturated heterocycles. The summed E-state index contributed by atoms with van der Waals surface area (Å²) in [5.41, 5.74) is 0.199. The molecule has 0 aromatic heterocycles. The van der Waals surface area contributed by atoms with Crippen LogP contribution in [0.3, 0.4) is 0 Å². The number of aldehydes is 1. The van der Waals surface area contributed by atoms with Gasteiger partial charge in [-0.1, -0.05) is 24.3 Å². The minimum absolute atomic E-state index is 0.0924. The van der Waals surface area contributed by atoms with Crippen molar-refractivity contribution >= 4 is 12.1 Å². The Balaban J connectivity index is 2.90. The molecule has 1 rings (SSSR count). The topological polar surface area (TPSA) is 34.1 Å². The highest BCUT2D eigenvalue weighted by Crippen LogP contribution is 2.19. The molecule has 0 aliphatic rings. The van der Waals surface area contributed by atoms with E-state index in [1.165, 1.54) is 24.3 Å². The van der Waals surface area contributed by atoms with E-state index in [0.717, 1.165) is 0 Å². The highest BCUT2D eigenvalue weighted by atomic mass is 19.4. The van der Waals surface area contributed by atoms with Crippen molar-refractivity contribution in [3.05, 3.63) is 35.4 Å². The SMILES string of the molecule is O=Cc1ccccc1CC(=O)C(F)(F)F. The van der Waals surface area contributed by atoms with Gasteiger partial charge in [-0.15, -0.1) is 0 Å². The molecule has 0 spiro atoms. The zero-order chi connectivity index (χ0) is 11.5. The lowest BCUT2D eigenvalue weighted by Crippen LogP contribution is -2.24. The van der Waals surface area contributed by atoms with Gasteiger partial charge in [0.05, 0.1) is 0 Å². The van der Waals surface area contributed by atoms with Crippen LogP contribution in [0.2, 0.25) is 0 Å². The van der Waals surface area contributed by atoms with Crippen LogP contribution in [0, 0.1) is 0 Å². The maximum absolute atomic E-state index is 11.9. The molecule has 0 bridgehead atoms. The number of hydrogen-bond donors (Lipinski definition) is 0. The Bertz CT molecular complexity index is 382. The third kappa shape index (κ3) is 2.90. The zero-order valence-electron chi connectivity index (χ0n) is 7.54. The maximum atomic E-state index is 11.9. The van der Waals surface area contributed by atoms with Crippen LogP contribution in [0.15, 0.2) is 24.3 Å². The largest absolute Gasteiger partial charge is 0.450 e. The molecular weight excluding hydrogens is 209 g/mol. The van der Waals surface area contributed by atoms with E-state index >= 15 is 0 Å². The fourth-order valence-corrected chi connectivity index (χ4v) is 1.08. The Hall–Kier alpha value is -1.65. The van der Waals surface area contributed by atoms with E-state index in [1.54, 1.807) is 0 Å². The molecule has 0 atom stereocenters. The fraction of sp³-hybridized carbons (Fsp3) is 0.200. The molecule has 2 nitrogen and oxygen atoms in total. The Morgan fingerprint density at radius 1 is 1.27 bits per heavy atom. The van der Waals surface area contributed by atoms with Gasteiger partial charge < -0.3 is 0 Å². The van der Waals surface area contributed by atoms with Crippen LogP contribution < -0.4 is 0 Å². The predicted octanol–water partition coefficient (Wildman–Crippen LogP) is 2.17. The molecule has 0 unspecified atom stereocenters. The first-order valence-electron chi connectivity index (χ1n) is 4.08. The number of hydrogen-bond acceptors (Lipinski definition) is 2. The van der Waals surface area contributed by atoms with Gasteiger partial charge in [-0.3, -0.25) is 9.59 Å². The second-order valence-electron chi connectivity index (χ2n) is 2.91. The van der Waals surface area contributed by atoms with E-state index in [2.05, 4.69) is 0 Å². The van der Waals surface area contributed by atoms with Crippen molar-refractivity contribution in [3.8, 4) is 0 Å². The third-order valence-electron chi connectivity index (χ3n) is 1.85. The van der Waals surface area contributed by atoms with Crippen molar-refractivity contribution in [2.45, 2.75) is 12.6 Å². The first-order chi connectivity index (χ1) is 6.95. The highest BCUT2D eigenvalue weighted by Gasteiger charge is 2.37. The number of benzene rings is 1. The summed E-state index contributed by atoms with van der Waals surface area (Å²) in [6.07, 6.45) is -5.21. The van der Waals surface area contributed by atoms with Crippen LogP contribution in [0.5, 0.6) is 0 Å². The molecule has 5 heteroatoms. The summed E-state index contributed by atoms with van der Waals surface area (Å²) in [5.74, 6) is -1.85. The zero-order valence-corrected chi connectivity index (χ0v) is 7.54. The van der Waals surface area contributed by atoms with E-state index in [9.17, 15) is 22.8 Å². The maximum Gasteiger partial charge on any atom is 0.450 e. The van der Waals surface area contributed by atoms with Gasteiger partial charge in [-0.2, -0.15) is 13.2 Å². The number of rotatable bonds is 3. The third-order valence-corrected chi connectivity index (χ3v) is 1.85. The predicted molar refractivity (Wildman–Crippen MR) is 46.6 cm³/mol. The highest BCUT2D eigenvalue weighted by molar-refractivity contribution is 5.88. The molecule has 0 amide bonds. The monoisotopic (exact) mass is 216 g/mol. The van der Waals surface area contributed by atoms with Crippen LogP contribution in [0.25, 0.3) is 0 Å². The average Bonchev–Trinajstić information content (AvgIpc) is 2.17. The molecule has 0 aliphatic carbocycles. The quantitative estimate of drug-likeness (QED) is 0.725. The normalized spacial score (nSPS) is 11.1. The van der Waals surface area contributed by atoms with Gasteiger partial charge in [0.1, 0.15) is 6.29 Å². The Morgan fingerprint density at radius 3 is 2.40 bits per heavy atom. The van der Waals surface area contributed by atoms with Crippen LogP contribution in [-0.2, 0) is 11.2 Å². The van der Waals surface area contributed by atoms with E-state index in [4.69, 9.17) is 0 Å². The molecular formula is C10H7F3O2. The Labute approximate surface area is 83.7 Å². The molecule has 0 fully saturated rings. The van der Waals surface area contributed by atoms with Crippen LogP contribution in [0.1, 0.15) is 15.9 Å². The van der Waals surface area contributed by atoms with Crippen LogP contribution in [-0.4, -0.2) is 18.2 Å². The first-order valence-corrected chi connectivity index (χ1v) is 4.08. The number of halogens is 3. The lowest BCUT2D eigenvalue weighted by atomic mass is 10.0. The Morgan fingerprint density at radius 2 is 1.87 bits per heavy atom. The van der Waals surface area contributed by atoms with Crippen molar-refractivity contribution in [1.29, 1.82) is 0 Å². The second kappa shape index (κ2) is 4.25. The summed E-state index contributed by atoms with van der Waals surface area (Å²) in [6.45, 7) is 0. The van der Waals surface area contributed by atoms with E-state index < -0.39 is 18.4 Å². The van der Waals surface area contributed by atoms with Crippen molar-refractivity contribution in [2.75, 3.05) is 0 Å². The van der Waals surface area contributed by atoms with Gasteiger partial charge in [-0.25, -0.2) is 0 Å². The van der Waals surface area contributed by atoms with Crippen LogP contribution >= 0.6 is 0 Å². The lowest BCUT2D eigenvalue weighted by Gasteiger charge is -2.06. The summed E-state index contributed by atoms with van der Waals surface area (Å²) in [7, 11) is 0. The van der Waals surface area contributed by atoms with E-state index in [0.29, 0.717) is 6.29 Å².